The highest BCUT2D eigenvalue weighted by Gasteiger charge is 2.36. The molecule has 1 fully saturated rings. The summed E-state index contributed by atoms with van der Waals surface area (Å²) in [7, 11) is 1.92. The van der Waals surface area contributed by atoms with Crippen LogP contribution in [0.1, 0.15) is 31.0 Å². The highest BCUT2D eigenvalue weighted by molar-refractivity contribution is 5.74. The number of carboxylic acid groups (broad SMARTS) is 1. The number of nitrogens with zero attached hydrogens (tertiary/aromatic N) is 3. The van der Waals surface area contributed by atoms with Crippen molar-refractivity contribution in [1.82, 2.24) is 14.7 Å². The molecule has 0 aromatic carbocycles. The predicted molar refractivity (Wildman–Crippen MR) is 68.2 cm³/mol. The molecule has 0 radical (unpaired) electrons. The standard InChI is InChI=1S/C13H21N3O2/c1-10-11(8-15(3)14-10)9-16-6-4-13(2,5-7-16)12(17)18/h8H,4-7,9H2,1-3H3,(H,17,18). The summed E-state index contributed by atoms with van der Waals surface area (Å²) in [6.45, 7) is 6.42. The maximum atomic E-state index is 11.2. The highest BCUT2D eigenvalue weighted by atomic mass is 16.4. The van der Waals surface area contributed by atoms with Gasteiger partial charge in [-0.25, -0.2) is 0 Å². The topological polar surface area (TPSA) is 58.4 Å². The van der Waals surface area contributed by atoms with Crippen molar-refractivity contribution in [2.75, 3.05) is 13.1 Å². The Labute approximate surface area is 107 Å². The van der Waals surface area contributed by atoms with Crippen LogP contribution in [0.4, 0.5) is 0 Å². The van der Waals surface area contributed by atoms with Crippen LogP contribution in [0.2, 0.25) is 0 Å². The average Bonchev–Trinajstić information content (AvgIpc) is 2.61. The van der Waals surface area contributed by atoms with Crippen LogP contribution in [0.25, 0.3) is 0 Å². The van der Waals surface area contributed by atoms with Gasteiger partial charge in [0.2, 0.25) is 0 Å². The zero-order valence-corrected chi connectivity index (χ0v) is 11.3. The van der Waals surface area contributed by atoms with E-state index in [0.29, 0.717) is 0 Å². The third kappa shape index (κ3) is 2.56. The van der Waals surface area contributed by atoms with Crippen LogP contribution < -0.4 is 0 Å². The van der Waals surface area contributed by atoms with Crippen LogP contribution in [0.3, 0.4) is 0 Å². The Kier molecular flexibility index (Phi) is 3.43. The molecule has 5 heteroatoms. The Morgan fingerprint density at radius 3 is 2.56 bits per heavy atom. The summed E-state index contributed by atoms with van der Waals surface area (Å²) in [6.07, 6.45) is 3.49. The summed E-state index contributed by atoms with van der Waals surface area (Å²) in [5.74, 6) is -0.667. The highest BCUT2D eigenvalue weighted by Crippen LogP contribution is 2.31. The van der Waals surface area contributed by atoms with E-state index in [-0.39, 0.29) is 0 Å². The van der Waals surface area contributed by atoms with E-state index in [1.54, 1.807) is 0 Å². The lowest BCUT2D eigenvalue weighted by atomic mass is 9.80. The van der Waals surface area contributed by atoms with Crippen LogP contribution in [0.15, 0.2) is 6.20 Å². The van der Waals surface area contributed by atoms with Crippen LogP contribution in [0.5, 0.6) is 0 Å². The Morgan fingerprint density at radius 2 is 2.11 bits per heavy atom. The average molecular weight is 251 g/mol. The minimum Gasteiger partial charge on any atom is -0.481 e. The van der Waals surface area contributed by atoms with Crippen molar-refractivity contribution in [3.63, 3.8) is 0 Å². The SMILES string of the molecule is Cc1nn(C)cc1CN1CCC(C)(C(=O)O)CC1. The Bertz CT molecular complexity index is 445. The zero-order valence-electron chi connectivity index (χ0n) is 11.3. The van der Waals surface area contributed by atoms with Crippen molar-refractivity contribution in [2.45, 2.75) is 33.2 Å². The molecule has 1 aliphatic heterocycles. The quantitative estimate of drug-likeness (QED) is 0.882. The lowest BCUT2D eigenvalue weighted by Gasteiger charge is -2.36. The molecule has 18 heavy (non-hydrogen) atoms. The summed E-state index contributed by atoms with van der Waals surface area (Å²) >= 11 is 0. The number of rotatable bonds is 3. The van der Waals surface area contributed by atoms with Crippen molar-refractivity contribution in [1.29, 1.82) is 0 Å². The number of aliphatic carboxylic acids is 1. The zero-order chi connectivity index (χ0) is 13.3. The van der Waals surface area contributed by atoms with Gasteiger partial charge in [0, 0.05) is 25.4 Å². The first kappa shape index (κ1) is 13.1. The maximum Gasteiger partial charge on any atom is 0.309 e. The first-order valence-corrected chi connectivity index (χ1v) is 6.35. The molecule has 1 aromatic heterocycles. The van der Waals surface area contributed by atoms with Crippen molar-refractivity contribution in [3.8, 4) is 0 Å². The minimum atomic E-state index is -0.667. The van der Waals surface area contributed by atoms with E-state index in [4.69, 9.17) is 0 Å². The van der Waals surface area contributed by atoms with Gasteiger partial charge >= 0.3 is 5.97 Å². The van der Waals surface area contributed by atoms with Gasteiger partial charge in [0.05, 0.1) is 11.1 Å². The molecule has 0 bridgehead atoms. The molecule has 0 atom stereocenters. The smallest absolute Gasteiger partial charge is 0.309 e. The number of hydrogen-bond acceptors (Lipinski definition) is 3. The Morgan fingerprint density at radius 1 is 1.50 bits per heavy atom. The first-order chi connectivity index (χ1) is 8.40. The van der Waals surface area contributed by atoms with Crippen LogP contribution in [0, 0.1) is 12.3 Å². The second kappa shape index (κ2) is 4.72. The van der Waals surface area contributed by atoms with E-state index in [1.165, 1.54) is 5.56 Å². The van der Waals surface area contributed by atoms with Crippen molar-refractivity contribution in [2.24, 2.45) is 12.5 Å². The Hall–Kier alpha value is -1.36. The van der Waals surface area contributed by atoms with Gasteiger partial charge in [-0.05, 0) is 39.8 Å². The fourth-order valence-electron chi connectivity index (χ4n) is 2.46. The van der Waals surface area contributed by atoms with Gasteiger partial charge in [0.25, 0.3) is 0 Å². The van der Waals surface area contributed by atoms with Gasteiger partial charge in [-0.15, -0.1) is 0 Å². The van der Waals surface area contributed by atoms with E-state index >= 15 is 0 Å². The van der Waals surface area contributed by atoms with E-state index in [0.717, 1.165) is 38.2 Å². The number of carboxylic acids is 1. The fourth-order valence-corrected chi connectivity index (χ4v) is 2.46. The summed E-state index contributed by atoms with van der Waals surface area (Å²) in [6, 6.07) is 0. The van der Waals surface area contributed by atoms with Crippen LogP contribution in [-0.4, -0.2) is 38.8 Å². The number of carbonyl (C=O) groups is 1. The van der Waals surface area contributed by atoms with Gasteiger partial charge in [-0.2, -0.15) is 5.10 Å². The van der Waals surface area contributed by atoms with E-state index < -0.39 is 11.4 Å². The summed E-state index contributed by atoms with van der Waals surface area (Å²) in [5.41, 5.74) is 1.75. The third-order valence-corrected chi connectivity index (χ3v) is 3.99. The molecule has 1 N–H and O–H groups in total. The molecule has 1 aliphatic rings. The molecule has 0 aliphatic carbocycles. The van der Waals surface area contributed by atoms with Crippen molar-refractivity contribution in [3.05, 3.63) is 17.5 Å². The van der Waals surface area contributed by atoms with E-state index in [9.17, 15) is 9.90 Å². The molecule has 0 unspecified atom stereocenters. The minimum absolute atomic E-state index is 0.541. The van der Waals surface area contributed by atoms with Crippen molar-refractivity contribution < 1.29 is 9.90 Å². The fraction of sp³-hybridized carbons (Fsp3) is 0.692. The monoisotopic (exact) mass is 251 g/mol. The summed E-state index contributed by atoms with van der Waals surface area (Å²) in [4.78, 5) is 13.5. The van der Waals surface area contributed by atoms with Crippen LogP contribution in [-0.2, 0) is 18.4 Å². The molecule has 1 aromatic rings. The van der Waals surface area contributed by atoms with Gasteiger partial charge in [0.1, 0.15) is 0 Å². The molecular weight excluding hydrogens is 230 g/mol. The second-order valence-corrected chi connectivity index (χ2v) is 5.56. The molecular formula is C13H21N3O2. The number of aromatic nitrogens is 2. The van der Waals surface area contributed by atoms with E-state index in [1.807, 2.05) is 31.8 Å². The maximum absolute atomic E-state index is 11.2. The van der Waals surface area contributed by atoms with E-state index in [2.05, 4.69) is 10.00 Å². The number of aryl methyl sites for hydroxylation is 2. The number of hydrogen-bond donors (Lipinski definition) is 1. The second-order valence-electron chi connectivity index (χ2n) is 5.56. The Balaban J connectivity index is 1.95. The lowest BCUT2D eigenvalue weighted by molar-refractivity contribution is -0.150. The number of piperidine rings is 1. The van der Waals surface area contributed by atoms with Crippen LogP contribution >= 0.6 is 0 Å². The summed E-state index contributed by atoms with van der Waals surface area (Å²) < 4.78 is 1.83. The third-order valence-electron chi connectivity index (χ3n) is 3.99. The largest absolute Gasteiger partial charge is 0.481 e. The van der Waals surface area contributed by atoms with Gasteiger partial charge in [-0.1, -0.05) is 0 Å². The predicted octanol–water partition coefficient (Wildman–Crippen LogP) is 1.42. The first-order valence-electron chi connectivity index (χ1n) is 6.35. The summed E-state index contributed by atoms with van der Waals surface area (Å²) in [5, 5.41) is 13.5. The molecule has 1 saturated heterocycles. The van der Waals surface area contributed by atoms with Gasteiger partial charge in [0.15, 0.2) is 0 Å². The van der Waals surface area contributed by atoms with Gasteiger partial charge in [-0.3, -0.25) is 14.4 Å². The molecule has 0 saturated carbocycles. The molecule has 0 amide bonds. The molecule has 0 spiro atoms. The van der Waals surface area contributed by atoms with Crippen molar-refractivity contribution >= 4 is 5.97 Å². The molecule has 5 nitrogen and oxygen atoms in total. The molecule has 2 heterocycles. The van der Waals surface area contributed by atoms with Gasteiger partial charge < -0.3 is 5.11 Å². The lowest BCUT2D eigenvalue weighted by Crippen LogP contribution is -2.42. The number of likely N-dealkylation sites (tertiary alicyclic amines) is 1. The molecule has 100 valence electrons. The molecule has 2 rings (SSSR count). The normalized spacial score (nSPS) is 19.9.